The van der Waals surface area contributed by atoms with Gasteiger partial charge in [-0.05, 0) is 59.3 Å². The van der Waals surface area contributed by atoms with Crippen molar-refractivity contribution < 1.29 is 15.0 Å². The zero-order chi connectivity index (χ0) is 24.4. The summed E-state index contributed by atoms with van der Waals surface area (Å²) >= 11 is 0. The van der Waals surface area contributed by atoms with Crippen molar-refractivity contribution in [1.82, 2.24) is 0 Å². The Morgan fingerprint density at radius 3 is 1.84 bits per heavy atom. The predicted octanol–water partition coefficient (Wildman–Crippen LogP) is 8.19. The first-order valence-electron chi connectivity index (χ1n) is 13.0. The van der Waals surface area contributed by atoms with Gasteiger partial charge in [-0.1, -0.05) is 106 Å². The summed E-state index contributed by atoms with van der Waals surface area (Å²) in [6.07, 6.45) is 13.0. The van der Waals surface area contributed by atoms with Gasteiger partial charge in [-0.2, -0.15) is 0 Å². The lowest BCUT2D eigenvalue weighted by molar-refractivity contribution is 0.0695. The molecular formula is C29H50O3. The predicted molar refractivity (Wildman–Crippen MR) is 137 cm³/mol. The summed E-state index contributed by atoms with van der Waals surface area (Å²) in [6, 6.07) is 4.07. The molecule has 184 valence electrons. The molecule has 1 rings (SSSR count). The topological polar surface area (TPSA) is 57.5 Å². The minimum absolute atomic E-state index is 0.102. The van der Waals surface area contributed by atoms with Gasteiger partial charge in [0, 0.05) is 0 Å². The highest BCUT2D eigenvalue weighted by atomic mass is 16.4. The lowest BCUT2D eigenvalue weighted by Gasteiger charge is -2.29. The van der Waals surface area contributed by atoms with Crippen LogP contribution in [0.5, 0.6) is 0 Å². The van der Waals surface area contributed by atoms with Crippen molar-refractivity contribution in [3.05, 3.63) is 34.4 Å². The summed E-state index contributed by atoms with van der Waals surface area (Å²) in [5.74, 6) is -0.851. The number of aliphatic hydroxyl groups excluding tert-OH is 1. The molecule has 0 saturated heterocycles. The molecule has 1 unspecified atom stereocenters. The Hall–Kier alpha value is -1.35. The fourth-order valence-electron chi connectivity index (χ4n) is 4.41. The average Bonchev–Trinajstić information content (AvgIpc) is 2.68. The zero-order valence-electron chi connectivity index (χ0n) is 22.0. The molecule has 0 aromatic heterocycles. The van der Waals surface area contributed by atoms with E-state index < -0.39 is 5.97 Å². The summed E-state index contributed by atoms with van der Waals surface area (Å²) in [4.78, 5) is 12.1. The lowest BCUT2D eigenvalue weighted by atomic mass is 9.76. The number of hydrogen-bond acceptors (Lipinski definition) is 2. The number of carboxylic acids is 1. The van der Waals surface area contributed by atoms with Gasteiger partial charge in [0.1, 0.15) is 0 Å². The van der Waals surface area contributed by atoms with Crippen LogP contribution in [-0.2, 0) is 17.3 Å². The number of hydrogen-bond donors (Lipinski definition) is 2. The van der Waals surface area contributed by atoms with E-state index in [9.17, 15) is 15.0 Å². The van der Waals surface area contributed by atoms with E-state index in [1.165, 1.54) is 44.9 Å². The number of benzene rings is 1. The van der Waals surface area contributed by atoms with Crippen molar-refractivity contribution in [2.24, 2.45) is 0 Å². The maximum Gasteiger partial charge on any atom is 0.335 e. The maximum atomic E-state index is 12.1. The Labute approximate surface area is 198 Å². The van der Waals surface area contributed by atoms with Crippen LogP contribution in [0.2, 0.25) is 0 Å². The highest BCUT2D eigenvalue weighted by Crippen LogP contribution is 2.35. The van der Waals surface area contributed by atoms with Gasteiger partial charge in [-0.25, -0.2) is 4.79 Å². The molecule has 1 aromatic carbocycles. The Morgan fingerprint density at radius 2 is 1.34 bits per heavy atom. The van der Waals surface area contributed by atoms with Gasteiger partial charge in [-0.3, -0.25) is 0 Å². The molecule has 0 heterocycles. The Morgan fingerprint density at radius 1 is 0.812 bits per heavy atom. The lowest BCUT2D eigenvalue weighted by Crippen LogP contribution is -2.22. The SMILES string of the molecule is CCCCCCCCCCC(O)CCCc1c(C(=O)O)cc(C(C)(C)C)cc1C(C)(C)C. The molecule has 0 aliphatic heterocycles. The number of aliphatic hydroxyl groups is 1. The molecule has 0 bridgehead atoms. The molecule has 1 aromatic rings. The third-order valence-corrected chi connectivity index (χ3v) is 6.51. The molecule has 1 atom stereocenters. The second kappa shape index (κ2) is 13.4. The van der Waals surface area contributed by atoms with E-state index in [0.717, 1.165) is 42.4 Å². The van der Waals surface area contributed by atoms with Crippen LogP contribution in [0.1, 0.15) is 146 Å². The molecule has 2 N–H and O–H groups in total. The van der Waals surface area contributed by atoms with Crippen LogP contribution in [-0.4, -0.2) is 22.3 Å². The molecule has 32 heavy (non-hydrogen) atoms. The molecular weight excluding hydrogens is 396 g/mol. The van der Waals surface area contributed by atoms with E-state index in [-0.39, 0.29) is 16.9 Å². The highest BCUT2D eigenvalue weighted by molar-refractivity contribution is 5.90. The quantitative estimate of drug-likeness (QED) is 0.283. The maximum absolute atomic E-state index is 12.1. The van der Waals surface area contributed by atoms with E-state index in [4.69, 9.17) is 0 Å². The smallest absolute Gasteiger partial charge is 0.335 e. The minimum atomic E-state index is -0.851. The zero-order valence-corrected chi connectivity index (χ0v) is 22.0. The van der Waals surface area contributed by atoms with Crippen LogP contribution >= 0.6 is 0 Å². The van der Waals surface area contributed by atoms with Crippen molar-refractivity contribution in [2.45, 2.75) is 142 Å². The summed E-state index contributed by atoms with van der Waals surface area (Å²) in [5.41, 5.74) is 3.33. The van der Waals surface area contributed by atoms with Gasteiger partial charge < -0.3 is 10.2 Å². The van der Waals surface area contributed by atoms with Crippen LogP contribution in [0.3, 0.4) is 0 Å². The first kappa shape index (κ1) is 28.7. The van der Waals surface area contributed by atoms with Crippen LogP contribution < -0.4 is 0 Å². The van der Waals surface area contributed by atoms with Crippen LogP contribution in [0, 0.1) is 0 Å². The Balaban J connectivity index is 2.69. The average molecular weight is 447 g/mol. The molecule has 3 nitrogen and oxygen atoms in total. The van der Waals surface area contributed by atoms with Crippen molar-refractivity contribution in [3.63, 3.8) is 0 Å². The van der Waals surface area contributed by atoms with E-state index in [1.54, 1.807) is 0 Å². The largest absolute Gasteiger partial charge is 0.478 e. The van der Waals surface area contributed by atoms with Gasteiger partial charge >= 0.3 is 5.97 Å². The van der Waals surface area contributed by atoms with Gasteiger partial charge in [0.25, 0.3) is 0 Å². The number of carboxylic acid groups (broad SMARTS) is 1. The van der Waals surface area contributed by atoms with Gasteiger partial charge in [0.15, 0.2) is 0 Å². The first-order valence-corrected chi connectivity index (χ1v) is 13.0. The molecule has 0 fully saturated rings. The number of rotatable bonds is 14. The second-order valence-electron chi connectivity index (χ2n) is 11.7. The van der Waals surface area contributed by atoms with Crippen molar-refractivity contribution in [1.29, 1.82) is 0 Å². The molecule has 0 aliphatic carbocycles. The van der Waals surface area contributed by atoms with Gasteiger partial charge in [-0.15, -0.1) is 0 Å². The van der Waals surface area contributed by atoms with Crippen molar-refractivity contribution >= 4 is 5.97 Å². The van der Waals surface area contributed by atoms with E-state index in [0.29, 0.717) is 12.0 Å². The number of carbonyl (C=O) groups is 1. The van der Waals surface area contributed by atoms with Crippen LogP contribution in [0.15, 0.2) is 12.1 Å². The molecule has 3 heteroatoms. The van der Waals surface area contributed by atoms with Gasteiger partial charge in [0.2, 0.25) is 0 Å². The summed E-state index contributed by atoms with van der Waals surface area (Å²) in [5, 5.41) is 20.4. The standard InChI is InChI=1S/C29H50O3/c1-8-9-10-11-12-13-14-15-17-23(30)18-16-19-24-25(27(31)32)20-22(28(2,3)4)21-26(24)29(5,6)7/h20-21,23,30H,8-19H2,1-7H3,(H,31,32). The number of unbranched alkanes of at least 4 members (excludes halogenated alkanes) is 7. The van der Waals surface area contributed by atoms with Crippen LogP contribution in [0.4, 0.5) is 0 Å². The normalized spacial score (nSPS) is 13.4. The Kier molecular flexibility index (Phi) is 12.0. The monoisotopic (exact) mass is 446 g/mol. The molecule has 0 saturated carbocycles. The second-order valence-corrected chi connectivity index (χ2v) is 11.7. The molecule has 0 amide bonds. The molecule has 0 aliphatic rings. The van der Waals surface area contributed by atoms with Gasteiger partial charge in [0.05, 0.1) is 11.7 Å². The minimum Gasteiger partial charge on any atom is -0.478 e. The summed E-state index contributed by atoms with van der Waals surface area (Å²) in [6.45, 7) is 15.1. The van der Waals surface area contributed by atoms with E-state index in [2.05, 4.69) is 54.5 Å². The molecule has 0 radical (unpaired) electrons. The third kappa shape index (κ3) is 10.1. The third-order valence-electron chi connectivity index (χ3n) is 6.51. The summed E-state index contributed by atoms with van der Waals surface area (Å²) < 4.78 is 0. The highest BCUT2D eigenvalue weighted by Gasteiger charge is 2.26. The van der Waals surface area contributed by atoms with E-state index in [1.807, 2.05) is 6.07 Å². The first-order chi connectivity index (χ1) is 14.9. The fraction of sp³-hybridized carbons (Fsp3) is 0.759. The number of aromatic carboxylic acids is 1. The van der Waals surface area contributed by atoms with Crippen molar-refractivity contribution in [2.75, 3.05) is 0 Å². The van der Waals surface area contributed by atoms with Crippen molar-refractivity contribution in [3.8, 4) is 0 Å². The van der Waals surface area contributed by atoms with E-state index >= 15 is 0 Å². The molecule has 0 spiro atoms. The fourth-order valence-corrected chi connectivity index (χ4v) is 4.41. The van der Waals surface area contributed by atoms with Crippen LogP contribution in [0.25, 0.3) is 0 Å². The summed E-state index contributed by atoms with van der Waals surface area (Å²) in [7, 11) is 0. The Bertz CT molecular complexity index is 692.